The van der Waals surface area contributed by atoms with Crippen LogP contribution in [0.2, 0.25) is 0 Å². The number of nitrogens with zero attached hydrogens (tertiary/aromatic N) is 3. The van der Waals surface area contributed by atoms with Gasteiger partial charge in [-0.25, -0.2) is 9.48 Å². The molecule has 0 aromatic carbocycles. The monoisotopic (exact) mass is 244 g/mol. The minimum absolute atomic E-state index is 0.0516. The fourth-order valence-electron chi connectivity index (χ4n) is 1.14. The molecule has 0 radical (unpaired) electrons. The molecule has 0 amide bonds. The Balaban J connectivity index is 3.02. The molecule has 1 heterocycles. The van der Waals surface area contributed by atoms with Gasteiger partial charge >= 0.3 is 5.69 Å². The first-order valence-electron chi connectivity index (χ1n) is 5.00. The molecule has 0 aliphatic carbocycles. The SMILES string of the molecule is Cn1nc(NCC(C)(O)CO)c(=O)n(C)c1=O. The van der Waals surface area contributed by atoms with Gasteiger partial charge in [-0.3, -0.25) is 9.36 Å². The van der Waals surface area contributed by atoms with Gasteiger partial charge in [0.1, 0.15) is 5.60 Å². The standard InChI is InChI=1S/C9H16N4O4/c1-9(17,5-14)4-10-6-7(15)12(2)8(16)13(3)11-6/h14,17H,4-5H2,1-3H3,(H,10,11). The average Bonchev–Trinajstić information content (AvgIpc) is 2.29. The van der Waals surface area contributed by atoms with Crippen LogP contribution in [-0.2, 0) is 14.1 Å². The minimum atomic E-state index is -1.36. The maximum atomic E-state index is 11.6. The van der Waals surface area contributed by atoms with Gasteiger partial charge in [0, 0.05) is 20.6 Å². The Labute approximate surface area is 97.1 Å². The lowest BCUT2D eigenvalue weighted by atomic mass is 10.1. The number of nitrogens with one attached hydrogen (secondary N) is 1. The maximum absolute atomic E-state index is 11.6. The lowest BCUT2D eigenvalue weighted by Gasteiger charge is -2.20. The van der Waals surface area contributed by atoms with Crippen LogP contribution < -0.4 is 16.6 Å². The van der Waals surface area contributed by atoms with E-state index in [2.05, 4.69) is 10.4 Å². The van der Waals surface area contributed by atoms with Crippen molar-refractivity contribution in [2.75, 3.05) is 18.5 Å². The van der Waals surface area contributed by atoms with Crippen molar-refractivity contribution in [3.05, 3.63) is 20.8 Å². The van der Waals surface area contributed by atoms with E-state index in [1.165, 1.54) is 21.0 Å². The smallest absolute Gasteiger partial charge is 0.346 e. The fourth-order valence-corrected chi connectivity index (χ4v) is 1.14. The summed E-state index contributed by atoms with van der Waals surface area (Å²) in [5, 5.41) is 24.7. The van der Waals surface area contributed by atoms with Gasteiger partial charge < -0.3 is 15.5 Å². The number of aliphatic hydroxyl groups is 2. The van der Waals surface area contributed by atoms with E-state index < -0.39 is 23.5 Å². The lowest BCUT2D eigenvalue weighted by molar-refractivity contribution is 0.0131. The van der Waals surface area contributed by atoms with E-state index in [-0.39, 0.29) is 12.4 Å². The summed E-state index contributed by atoms with van der Waals surface area (Å²) in [6.45, 7) is 0.905. The highest BCUT2D eigenvalue weighted by molar-refractivity contribution is 5.30. The molecule has 1 rings (SSSR count). The highest BCUT2D eigenvalue weighted by Gasteiger charge is 2.20. The third-order valence-electron chi connectivity index (χ3n) is 2.30. The molecule has 8 heteroatoms. The van der Waals surface area contributed by atoms with Crippen molar-refractivity contribution in [2.24, 2.45) is 14.1 Å². The number of aryl methyl sites for hydroxylation is 1. The van der Waals surface area contributed by atoms with Crippen LogP contribution in [0.25, 0.3) is 0 Å². The van der Waals surface area contributed by atoms with Gasteiger partial charge in [0.25, 0.3) is 5.56 Å². The van der Waals surface area contributed by atoms with Gasteiger partial charge in [-0.1, -0.05) is 0 Å². The first kappa shape index (κ1) is 13.4. The van der Waals surface area contributed by atoms with Crippen LogP contribution in [0.3, 0.4) is 0 Å². The molecule has 1 aromatic heterocycles. The number of hydrogen-bond acceptors (Lipinski definition) is 6. The number of anilines is 1. The van der Waals surface area contributed by atoms with Crippen LogP contribution in [0.15, 0.2) is 9.59 Å². The third kappa shape index (κ3) is 2.92. The van der Waals surface area contributed by atoms with Crippen LogP contribution in [0, 0.1) is 0 Å². The molecule has 17 heavy (non-hydrogen) atoms. The Morgan fingerprint density at radius 2 is 2.00 bits per heavy atom. The van der Waals surface area contributed by atoms with E-state index in [9.17, 15) is 14.7 Å². The van der Waals surface area contributed by atoms with Crippen molar-refractivity contribution in [1.82, 2.24) is 14.3 Å². The molecule has 0 aliphatic heterocycles. The molecule has 0 bridgehead atoms. The van der Waals surface area contributed by atoms with E-state index in [0.717, 1.165) is 9.25 Å². The van der Waals surface area contributed by atoms with Crippen molar-refractivity contribution < 1.29 is 10.2 Å². The van der Waals surface area contributed by atoms with Crippen molar-refractivity contribution >= 4 is 5.82 Å². The zero-order valence-electron chi connectivity index (χ0n) is 9.97. The molecule has 1 atom stereocenters. The van der Waals surface area contributed by atoms with Gasteiger partial charge in [0.2, 0.25) is 5.82 Å². The summed E-state index contributed by atoms with van der Waals surface area (Å²) in [6.07, 6.45) is 0. The van der Waals surface area contributed by atoms with E-state index in [4.69, 9.17) is 5.11 Å². The number of aromatic nitrogens is 3. The van der Waals surface area contributed by atoms with Crippen molar-refractivity contribution in [2.45, 2.75) is 12.5 Å². The van der Waals surface area contributed by atoms with Crippen molar-refractivity contribution in [3.8, 4) is 0 Å². The Morgan fingerprint density at radius 1 is 1.41 bits per heavy atom. The highest BCUT2D eigenvalue weighted by atomic mass is 16.3. The molecule has 0 fully saturated rings. The predicted octanol–water partition coefficient (Wildman–Crippen LogP) is -2.37. The summed E-state index contributed by atoms with van der Waals surface area (Å²) in [7, 11) is 2.75. The van der Waals surface area contributed by atoms with Crippen molar-refractivity contribution in [1.29, 1.82) is 0 Å². The molecule has 0 spiro atoms. The number of rotatable bonds is 4. The largest absolute Gasteiger partial charge is 0.393 e. The Hall–Kier alpha value is -1.67. The first-order valence-corrected chi connectivity index (χ1v) is 5.00. The minimum Gasteiger partial charge on any atom is -0.393 e. The highest BCUT2D eigenvalue weighted by Crippen LogP contribution is 2.01. The third-order valence-corrected chi connectivity index (χ3v) is 2.30. The van der Waals surface area contributed by atoms with Gasteiger partial charge in [-0.05, 0) is 6.92 Å². The summed E-state index contributed by atoms with van der Waals surface area (Å²) in [6, 6.07) is 0. The van der Waals surface area contributed by atoms with Gasteiger partial charge in [-0.2, -0.15) is 0 Å². The number of hydrogen-bond donors (Lipinski definition) is 3. The molecule has 0 aliphatic rings. The average molecular weight is 244 g/mol. The van der Waals surface area contributed by atoms with Crippen LogP contribution in [-0.4, -0.2) is 43.3 Å². The van der Waals surface area contributed by atoms with E-state index in [1.54, 1.807) is 0 Å². The maximum Gasteiger partial charge on any atom is 0.346 e. The quantitative estimate of drug-likeness (QED) is 0.546. The molecule has 1 aromatic rings. The molecule has 0 saturated carbocycles. The fraction of sp³-hybridized carbons (Fsp3) is 0.667. The topological polar surface area (TPSA) is 109 Å². The van der Waals surface area contributed by atoms with Crippen molar-refractivity contribution in [3.63, 3.8) is 0 Å². The summed E-state index contributed by atoms with van der Waals surface area (Å²) in [5.74, 6) is -0.0525. The first-order chi connectivity index (χ1) is 7.78. The van der Waals surface area contributed by atoms with Crippen LogP contribution in [0.1, 0.15) is 6.92 Å². The van der Waals surface area contributed by atoms with E-state index >= 15 is 0 Å². The molecular weight excluding hydrogens is 228 g/mol. The molecular formula is C9H16N4O4. The molecule has 8 nitrogen and oxygen atoms in total. The van der Waals surface area contributed by atoms with E-state index in [1.807, 2.05) is 0 Å². The Morgan fingerprint density at radius 3 is 2.53 bits per heavy atom. The Kier molecular flexibility index (Phi) is 3.69. The van der Waals surface area contributed by atoms with E-state index in [0.29, 0.717) is 0 Å². The second-order valence-electron chi connectivity index (χ2n) is 4.13. The predicted molar refractivity (Wildman–Crippen MR) is 60.9 cm³/mol. The summed E-state index contributed by atoms with van der Waals surface area (Å²) in [5.41, 5.74) is -2.47. The second-order valence-corrected chi connectivity index (χ2v) is 4.13. The summed E-state index contributed by atoms with van der Waals surface area (Å²) in [4.78, 5) is 23.0. The van der Waals surface area contributed by atoms with Gasteiger partial charge in [0.05, 0.1) is 6.61 Å². The lowest BCUT2D eigenvalue weighted by Crippen LogP contribution is -2.43. The number of aliphatic hydroxyl groups excluding tert-OH is 1. The van der Waals surface area contributed by atoms with Crippen LogP contribution in [0.4, 0.5) is 5.82 Å². The molecule has 0 saturated heterocycles. The zero-order chi connectivity index (χ0) is 13.2. The van der Waals surface area contributed by atoms with Crippen LogP contribution >= 0.6 is 0 Å². The van der Waals surface area contributed by atoms with Gasteiger partial charge in [-0.15, -0.1) is 5.10 Å². The summed E-state index contributed by atoms with van der Waals surface area (Å²) < 4.78 is 1.92. The molecule has 3 N–H and O–H groups in total. The summed E-state index contributed by atoms with van der Waals surface area (Å²) >= 11 is 0. The second kappa shape index (κ2) is 4.68. The Bertz CT molecular complexity index is 517. The zero-order valence-corrected chi connectivity index (χ0v) is 9.97. The molecule has 96 valence electrons. The molecule has 1 unspecified atom stereocenters. The normalized spacial score (nSPS) is 14.4. The van der Waals surface area contributed by atoms with Crippen LogP contribution in [0.5, 0.6) is 0 Å². The van der Waals surface area contributed by atoms with Gasteiger partial charge in [0.15, 0.2) is 0 Å².